The van der Waals surface area contributed by atoms with Crippen molar-refractivity contribution in [3.05, 3.63) is 112 Å². The Balaban J connectivity index is 1.47. The van der Waals surface area contributed by atoms with E-state index in [1.54, 1.807) is 30.3 Å². The second kappa shape index (κ2) is 11.2. The van der Waals surface area contributed by atoms with Crippen molar-refractivity contribution >= 4 is 10.8 Å². The lowest BCUT2D eigenvalue weighted by Crippen LogP contribution is -2.06. The predicted molar refractivity (Wildman–Crippen MR) is 127 cm³/mol. The number of aryl methyl sites for hydroxylation is 4. The van der Waals surface area contributed by atoms with E-state index in [4.69, 9.17) is 0 Å². The van der Waals surface area contributed by atoms with Crippen LogP contribution in [0.1, 0.15) is 34.7 Å². The van der Waals surface area contributed by atoms with Crippen LogP contribution in [0.25, 0.3) is 10.8 Å². The van der Waals surface area contributed by atoms with Crippen molar-refractivity contribution in [2.45, 2.75) is 45.6 Å². The van der Waals surface area contributed by atoms with Crippen LogP contribution in [-0.4, -0.2) is 6.61 Å². The van der Waals surface area contributed by atoms with Crippen LogP contribution in [-0.2, 0) is 32.1 Å². The number of hydrogen-bond acceptors (Lipinski definition) is 1. The standard InChI is InChI=1S/C29H23F7O/c1-2-16-12-23(30)22(24(31)13-16)10-5-17-4-9-21-20(11-17)8-7-19(27(21)34)6-3-18-14-25(32)28(26(33)15-18)37-29(35)36/h4,7-9,11-15,29H,2-3,5-6,10H2,1H3. The first-order chi connectivity index (χ1) is 17.7. The van der Waals surface area contributed by atoms with E-state index >= 15 is 4.39 Å². The molecule has 0 aliphatic heterocycles. The molecule has 0 N–H and O–H groups in total. The summed E-state index contributed by atoms with van der Waals surface area (Å²) in [5, 5.41) is 0.940. The maximum atomic E-state index is 15.1. The Bertz CT molecular complexity index is 1390. The number of rotatable bonds is 9. The molecule has 0 aliphatic carbocycles. The van der Waals surface area contributed by atoms with Crippen molar-refractivity contribution < 1.29 is 35.5 Å². The van der Waals surface area contributed by atoms with Gasteiger partial charge in [-0.25, -0.2) is 22.0 Å². The maximum Gasteiger partial charge on any atom is 0.387 e. The summed E-state index contributed by atoms with van der Waals surface area (Å²) in [5.74, 6) is -5.33. The molecule has 0 saturated carbocycles. The van der Waals surface area contributed by atoms with E-state index < -0.39 is 41.4 Å². The van der Waals surface area contributed by atoms with Crippen molar-refractivity contribution in [1.82, 2.24) is 0 Å². The highest BCUT2D eigenvalue weighted by Crippen LogP contribution is 2.28. The van der Waals surface area contributed by atoms with Gasteiger partial charge in [-0.2, -0.15) is 8.78 Å². The summed E-state index contributed by atoms with van der Waals surface area (Å²) in [7, 11) is 0. The van der Waals surface area contributed by atoms with E-state index in [0.717, 1.165) is 17.7 Å². The highest BCUT2D eigenvalue weighted by Gasteiger charge is 2.17. The molecule has 0 aliphatic rings. The fourth-order valence-corrected chi connectivity index (χ4v) is 4.34. The minimum absolute atomic E-state index is 0.0144. The molecule has 194 valence electrons. The largest absolute Gasteiger partial charge is 0.429 e. The molecule has 0 heterocycles. The summed E-state index contributed by atoms with van der Waals surface area (Å²) in [6.45, 7) is -1.55. The topological polar surface area (TPSA) is 9.23 Å². The normalized spacial score (nSPS) is 11.5. The van der Waals surface area contributed by atoms with Gasteiger partial charge >= 0.3 is 6.61 Å². The highest BCUT2D eigenvalue weighted by atomic mass is 19.3. The second-order valence-corrected chi connectivity index (χ2v) is 8.75. The molecule has 0 atom stereocenters. The first-order valence-corrected chi connectivity index (χ1v) is 11.8. The third-order valence-corrected chi connectivity index (χ3v) is 6.32. The summed E-state index contributed by atoms with van der Waals surface area (Å²) in [6, 6.07) is 12.7. The summed E-state index contributed by atoms with van der Waals surface area (Å²) in [6.07, 6.45) is 1.23. The fraction of sp³-hybridized carbons (Fsp3) is 0.241. The molecule has 0 aromatic heterocycles. The lowest BCUT2D eigenvalue weighted by Gasteiger charge is -2.11. The molecule has 4 rings (SSSR count). The zero-order chi connectivity index (χ0) is 26.7. The first kappa shape index (κ1) is 26.5. The molecule has 0 fully saturated rings. The quantitative estimate of drug-likeness (QED) is 0.202. The minimum atomic E-state index is -3.36. The van der Waals surface area contributed by atoms with Gasteiger partial charge < -0.3 is 4.74 Å². The Morgan fingerprint density at radius 1 is 0.649 bits per heavy atom. The van der Waals surface area contributed by atoms with E-state index in [0.29, 0.717) is 34.7 Å². The molecule has 0 bridgehead atoms. The zero-order valence-electron chi connectivity index (χ0n) is 19.9. The number of alkyl halides is 2. The van der Waals surface area contributed by atoms with Crippen molar-refractivity contribution in [2.24, 2.45) is 0 Å². The Morgan fingerprint density at radius 3 is 1.89 bits per heavy atom. The molecular weight excluding hydrogens is 497 g/mol. The lowest BCUT2D eigenvalue weighted by atomic mass is 9.96. The minimum Gasteiger partial charge on any atom is -0.429 e. The Labute approximate surface area is 209 Å². The molecular formula is C29H23F7O. The molecule has 0 radical (unpaired) electrons. The number of fused-ring (bicyclic) bond motifs is 1. The molecule has 1 nitrogen and oxygen atoms in total. The van der Waals surface area contributed by atoms with Crippen LogP contribution in [0.2, 0.25) is 0 Å². The van der Waals surface area contributed by atoms with Crippen LogP contribution in [0.4, 0.5) is 30.7 Å². The molecule has 4 aromatic carbocycles. The van der Waals surface area contributed by atoms with Gasteiger partial charge in [-0.1, -0.05) is 37.3 Å². The molecule has 8 heteroatoms. The smallest absolute Gasteiger partial charge is 0.387 e. The second-order valence-electron chi connectivity index (χ2n) is 8.75. The average Bonchev–Trinajstić information content (AvgIpc) is 2.85. The Morgan fingerprint density at radius 2 is 1.27 bits per heavy atom. The van der Waals surface area contributed by atoms with Gasteiger partial charge in [0.25, 0.3) is 0 Å². The van der Waals surface area contributed by atoms with Crippen molar-refractivity contribution in [3.63, 3.8) is 0 Å². The Hall–Kier alpha value is -3.55. The summed E-state index contributed by atoms with van der Waals surface area (Å²) < 4.78 is 100. The van der Waals surface area contributed by atoms with Gasteiger partial charge in [0, 0.05) is 10.9 Å². The number of halogens is 7. The van der Waals surface area contributed by atoms with E-state index in [9.17, 15) is 26.3 Å². The predicted octanol–water partition coefficient (Wildman–Crippen LogP) is 8.27. The fourth-order valence-electron chi connectivity index (χ4n) is 4.34. The third kappa shape index (κ3) is 6.06. The van der Waals surface area contributed by atoms with E-state index in [-0.39, 0.29) is 30.4 Å². The molecule has 0 saturated heterocycles. The van der Waals surface area contributed by atoms with Crippen LogP contribution in [0.15, 0.2) is 54.6 Å². The summed E-state index contributed by atoms with van der Waals surface area (Å²) >= 11 is 0. The molecule has 0 spiro atoms. The van der Waals surface area contributed by atoms with E-state index in [1.807, 2.05) is 6.92 Å². The molecule has 37 heavy (non-hydrogen) atoms. The third-order valence-electron chi connectivity index (χ3n) is 6.32. The van der Waals surface area contributed by atoms with Crippen LogP contribution >= 0.6 is 0 Å². The molecule has 0 amide bonds. The van der Waals surface area contributed by atoms with Crippen molar-refractivity contribution in [2.75, 3.05) is 0 Å². The first-order valence-electron chi connectivity index (χ1n) is 11.8. The van der Waals surface area contributed by atoms with E-state index in [1.165, 1.54) is 12.1 Å². The summed E-state index contributed by atoms with van der Waals surface area (Å²) in [4.78, 5) is 0. The average molecular weight is 520 g/mol. The monoisotopic (exact) mass is 520 g/mol. The summed E-state index contributed by atoms with van der Waals surface area (Å²) in [5.41, 5.74) is 1.87. The van der Waals surface area contributed by atoms with Gasteiger partial charge in [0.15, 0.2) is 17.4 Å². The van der Waals surface area contributed by atoms with E-state index in [2.05, 4.69) is 4.74 Å². The van der Waals surface area contributed by atoms with Gasteiger partial charge in [-0.3, -0.25) is 0 Å². The van der Waals surface area contributed by atoms with Crippen molar-refractivity contribution in [1.29, 1.82) is 0 Å². The van der Waals surface area contributed by atoms with Gasteiger partial charge in [0.2, 0.25) is 0 Å². The Kier molecular flexibility index (Phi) is 8.05. The SMILES string of the molecule is CCc1cc(F)c(CCc2ccc3c(F)c(CCc4cc(F)c(OC(F)F)c(F)c4)ccc3c2)c(F)c1. The van der Waals surface area contributed by atoms with Crippen LogP contribution in [0.3, 0.4) is 0 Å². The highest BCUT2D eigenvalue weighted by molar-refractivity contribution is 5.84. The lowest BCUT2D eigenvalue weighted by molar-refractivity contribution is -0.0546. The number of hydrogen-bond donors (Lipinski definition) is 0. The van der Waals surface area contributed by atoms with Crippen LogP contribution in [0.5, 0.6) is 5.75 Å². The van der Waals surface area contributed by atoms with Gasteiger partial charge in [0.05, 0.1) is 0 Å². The van der Waals surface area contributed by atoms with Gasteiger partial charge in [0.1, 0.15) is 17.5 Å². The van der Waals surface area contributed by atoms with Crippen molar-refractivity contribution in [3.8, 4) is 5.75 Å². The van der Waals surface area contributed by atoms with Crippen LogP contribution < -0.4 is 4.74 Å². The molecule has 4 aromatic rings. The number of benzene rings is 4. The maximum absolute atomic E-state index is 15.1. The number of ether oxygens (including phenoxy) is 1. The van der Waals surface area contributed by atoms with Gasteiger partial charge in [-0.05, 0) is 84.0 Å². The molecule has 0 unspecified atom stereocenters. The zero-order valence-corrected chi connectivity index (χ0v) is 19.9. The van der Waals surface area contributed by atoms with Crippen LogP contribution in [0, 0.1) is 29.1 Å². The van der Waals surface area contributed by atoms with Gasteiger partial charge in [-0.15, -0.1) is 0 Å².